The molecule has 0 radical (unpaired) electrons. The van der Waals surface area contributed by atoms with Gasteiger partial charge < -0.3 is 5.11 Å². The third-order valence-corrected chi connectivity index (χ3v) is 1.82. The van der Waals surface area contributed by atoms with Crippen molar-refractivity contribution in [3.8, 4) is 0 Å². The Morgan fingerprint density at radius 1 is 1.23 bits per heavy atom. The fraction of sp³-hybridized carbons (Fsp3) is 0.200. The molecule has 0 bridgehead atoms. The predicted molar refractivity (Wildman–Crippen MR) is 47.6 cm³/mol. The van der Waals surface area contributed by atoms with E-state index in [1.165, 1.54) is 6.92 Å². The average molecular weight is 178 g/mol. The Morgan fingerprint density at radius 3 is 2.23 bits per heavy atom. The number of carboxylic acids is 1. The number of ketones is 1. The number of aliphatic carboxylic acids is 1. The summed E-state index contributed by atoms with van der Waals surface area (Å²) in [6, 6.07) is 8.43. The van der Waals surface area contributed by atoms with Crippen LogP contribution in [-0.4, -0.2) is 16.9 Å². The molecule has 1 N–H and O–H groups in total. The monoisotopic (exact) mass is 178 g/mol. The van der Waals surface area contributed by atoms with E-state index in [0.717, 1.165) is 0 Å². The van der Waals surface area contributed by atoms with Crippen molar-refractivity contribution >= 4 is 11.8 Å². The van der Waals surface area contributed by atoms with Crippen LogP contribution in [0.5, 0.6) is 0 Å². The molecule has 0 aliphatic carbocycles. The van der Waals surface area contributed by atoms with Crippen LogP contribution in [0.1, 0.15) is 17.3 Å². The molecule has 0 saturated heterocycles. The van der Waals surface area contributed by atoms with E-state index in [1.807, 2.05) is 0 Å². The Morgan fingerprint density at radius 2 is 1.77 bits per heavy atom. The van der Waals surface area contributed by atoms with Crippen molar-refractivity contribution < 1.29 is 14.7 Å². The van der Waals surface area contributed by atoms with E-state index >= 15 is 0 Å². The highest BCUT2D eigenvalue weighted by molar-refractivity contribution is 6.07. The van der Waals surface area contributed by atoms with Crippen LogP contribution in [0.25, 0.3) is 0 Å². The SMILES string of the molecule is C[C@@H](C(=O)O)C(=O)c1ccccc1. The van der Waals surface area contributed by atoms with Gasteiger partial charge in [0, 0.05) is 5.56 Å². The minimum absolute atomic E-state index is 0.354. The first kappa shape index (κ1) is 9.45. The van der Waals surface area contributed by atoms with Crippen molar-refractivity contribution in [1.29, 1.82) is 0 Å². The molecule has 0 spiro atoms. The maximum absolute atomic E-state index is 11.4. The molecular weight excluding hydrogens is 168 g/mol. The van der Waals surface area contributed by atoms with Gasteiger partial charge in [0.15, 0.2) is 5.78 Å². The van der Waals surface area contributed by atoms with Gasteiger partial charge in [0.2, 0.25) is 0 Å². The Labute approximate surface area is 76.0 Å². The summed E-state index contributed by atoms with van der Waals surface area (Å²) in [6.45, 7) is 1.39. The first-order valence-electron chi connectivity index (χ1n) is 3.95. The quantitative estimate of drug-likeness (QED) is 0.564. The molecule has 0 amide bonds. The van der Waals surface area contributed by atoms with Crippen molar-refractivity contribution in [3.05, 3.63) is 35.9 Å². The second-order valence-electron chi connectivity index (χ2n) is 2.79. The van der Waals surface area contributed by atoms with Crippen LogP contribution >= 0.6 is 0 Å². The van der Waals surface area contributed by atoms with E-state index in [9.17, 15) is 9.59 Å². The zero-order chi connectivity index (χ0) is 9.84. The summed E-state index contributed by atoms with van der Waals surface area (Å²) >= 11 is 0. The molecule has 0 aliphatic heterocycles. The number of benzene rings is 1. The average Bonchev–Trinajstić information content (AvgIpc) is 2.17. The summed E-state index contributed by atoms with van der Waals surface area (Å²) < 4.78 is 0. The highest BCUT2D eigenvalue weighted by Gasteiger charge is 2.21. The molecule has 13 heavy (non-hydrogen) atoms. The van der Waals surface area contributed by atoms with Crippen LogP contribution in [-0.2, 0) is 4.79 Å². The second kappa shape index (κ2) is 3.85. The fourth-order valence-electron chi connectivity index (χ4n) is 0.965. The molecule has 1 aromatic carbocycles. The number of carbonyl (C=O) groups excluding carboxylic acids is 1. The maximum Gasteiger partial charge on any atom is 0.314 e. The number of hydrogen-bond donors (Lipinski definition) is 1. The van der Waals surface area contributed by atoms with E-state index in [1.54, 1.807) is 30.3 Å². The molecule has 0 aliphatic rings. The van der Waals surface area contributed by atoms with Crippen molar-refractivity contribution in [2.45, 2.75) is 6.92 Å². The molecule has 1 aromatic rings. The standard InChI is InChI=1S/C10H10O3/c1-7(10(12)13)9(11)8-5-3-2-4-6-8/h2-7H,1H3,(H,12,13)/t7-/m1/s1. The molecule has 0 fully saturated rings. The number of rotatable bonds is 3. The number of hydrogen-bond acceptors (Lipinski definition) is 2. The van der Waals surface area contributed by atoms with Crippen LogP contribution in [0.15, 0.2) is 30.3 Å². The van der Waals surface area contributed by atoms with Crippen LogP contribution in [0.2, 0.25) is 0 Å². The molecule has 1 atom stereocenters. The van der Waals surface area contributed by atoms with Gasteiger partial charge in [-0.05, 0) is 6.92 Å². The molecule has 3 heteroatoms. The van der Waals surface area contributed by atoms with Gasteiger partial charge in [-0.3, -0.25) is 9.59 Å². The zero-order valence-corrected chi connectivity index (χ0v) is 7.23. The zero-order valence-electron chi connectivity index (χ0n) is 7.23. The van der Waals surface area contributed by atoms with Crippen LogP contribution in [0.3, 0.4) is 0 Å². The topological polar surface area (TPSA) is 54.4 Å². The van der Waals surface area contributed by atoms with Gasteiger partial charge in [-0.2, -0.15) is 0 Å². The highest BCUT2D eigenvalue weighted by atomic mass is 16.4. The van der Waals surface area contributed by atoms with Crippen molar-refractivity contribution in [1.82, 2.24) is 0 Å². The molecular formula is C10H10O3. The number of carbonyl (C=O) groups is 2. The summed E-state index contributed by atoms with van der Waals surface area (Å²) in [5, 5.41) is 8.59. The van der Waals surface area contributed by atoms with Gasteiger partial charge in [0.05, 0.1) is 0 Å². The molecule has 3 nitrogen and oxygen atoms in total. The smallest absolute Gasteiger partial charge is 0.314 e. The highest BCUT2D eigenvalue weighted by Crippen LogP contribution is 2.08. The van der Waals surface area contributed by atoms with E-state index in [4.69, 9.17) is 5.11 Å². The van der Waals surface area contributed by atoms with Gasteiger partial charge in [-0.25, -0.2) is 0 Å². The summed E-state index contributed by atoms with van der Waals surface area (Å²) in [7, 11) is 0. The molecule has 0 saturated carbocycles. The summed E-state index contributed by atoms with van der Waals surface area (Å²) in [5.41, 5.74) is 0.442. The molecule has 0 aromatic heterocycles. The Hall–Kier alpha value is -1.64. The van der Waals surface area contributed by atoms with E-state index < -0.39 is 11.9 Å². The van der Waals surface area contributed by atoms with Crippen molar-refractivity contribution in [3.63, 3.8) is 0 Å². The lowest BCUT2D eigenvalue weighted by Crippen LogP contribution is -2.20. The van der Waals surface area contributed by atoms with Crippen LogP contribution in [0.4, 0.5) is 0 Å². The second-order valence-corrected chi connectivity index (χ2v) is 2.79. The van der Waals surface area contributed by atoms with Gasteiger partial charge >= 0.3 is 5.97 Å². The van der Waals surface area contributed by atoms with Gasteiger partial charge in [0.25, 0.3) is 0 Å². The minimum Gasteiger partial charge on any atom is -0.481 e. The largest absolute Gasteiger partial charge is 0.481 e. The molecule has 68 valence electrons. The van der Waals surface area contributed by atoms with Crippen molar-refractivity contribution in [2.24, 2.45) is 5.92 Å². The van der Waals surface area contributed by atoms with E-state index in [-0.39, 0.29) is 5.78 Å². The lowest BCUT2D eigenvalue weighted by molar-refractivity contribution is -0.139. The first-order chi connectivity index (χ1) is 6.13. The van der Waals surface area contributed by atoms with Gasteiger partial charge in [-0.1, -0.05) is 30.3 Å². The predicted octanol–water partition coefficient (Wildman–Crippen LogP) is 1.59. The summed E-state index contributed by atoms with van der Waals surface area (Å²) in [5.74, 6) is -2.41. The molecule has 0 unspecified atom stereocenters. The van der Waals surface area contributed by atoms with Crippen molar-refractivity contribution in [2.75, 3.05) is 0 Å². The van der Waals surface area contributed by atoms with E-state index in [0.29, 0.717) is 5.56 Å². The molecule has 0 heterocycles. The third-order valence-electron chi connectivity index (χ3n) is 1.82. The summed E-state index contributed by atoms with van der Waals surface area (Å²) in [4.78, 5) is 21.9. The van der Waals surface area contributed by atoms with Crippen LogP contribution < -0.4 is 0 Å². The fourth-order valence-corrected chi connectivity index (χ4v) is 0.965. The lowest BCUT2D eigenvalue weighted by Gasteiger charge is -2.03. The number of Topliss-reactive ketones (excluding diaryl/α,β-unsaturated/α-hetero) is 1. The Kier molecular flexibility index (Phi) is 2.80. The van der Waals surface area contributed by atoms with Gasteiger partial charge in [0.1, 0.15) is 5.92 Å². The lowest BCUT2D eigenvalue weighted by atomic mass is 10.00. The van der Waals surface area contributed by atoms with Gasteiger partial charge in [-0.15, -0.1) is 0 Å². The normalized spacial score (nSPS) is 12.1. The van der Waals surface area contributed by atoms with Crippen LogP contribution in [0, 0.1) is 5.92 Å². The minimum atomic E-state index is -1.09. The number of carboxylic acid groups (broad SMARTS) is 1. The molecule has 1 rings (SSSR count). The third kappa shape index (κ3) is 2.15. The maximum atomic E-state index is 11.4. The Balaban J connectivity index is 2.86. The first-order valence-corrected chi connectivity index (χ1v) is 3.95. The van der Waals surface area contributed by atoms with E-state index in [2.05, 4.69) is 0 Å². The Bertz CT molecular complexity index is 316. The summed E-state index contributed by atoms with van der Waals surface area (Å²) in [6.07, 6.45) is 0.